The summed E-state index contributed by atoms with van der Waals surface area (Å²) in [6.07, 6.45) is 0. The first-order valence-electron chi connectivity index (χ1n) is 12.2. The fourth-order valence-corrected chi connectivity index (χ4v) is 6.00. The highest BCUT2D eigenvalue weighted by molar-refractivity contribution is 6.31. The second kappa shape index (κ2) is 7.74. The molecule has 5 aromatic carbocycles. The van der Waals surface area contributed by atoms with E-state index in [0.717, 1.165) is 39.0 Å². The number of halogens is 1. The van der Waals surface area contributed by atoms with Crippen LogP contribution in [0.4, 0.5) is 17.1 Å². The Morgan fingerprint density at radius 3 is 2.25 bits per heavy atom. The molecule has 2 nitrogen and oxygen atoms in total. The Balaban J connectivity index is 1.51. The monoisotopic (exact) mass is 485 g/mol. The summed E-state index contributed by atoms with van der Waals surface area (Å²) in [6.45, 7) is 4.63. The van der Waals surface area contributed by atoms with Crippen molar-refractivity contribution >= 4 is 50.6 Å². The number of anilines is 3. The van der Waals surface area contributed by atoms with Gasteiger partial charge in [-0.2, -0.15) is 0 Å². The molecule has 0 spiro atoms. The smallest absolute Gasteiger partial charge is 0.137 e. The van der Waals surface area contributed by atoms with Gasteiger partial charge in [-0.3, -0.25) is 0 Å². The molecule has 7 rings (SSSR count). The van der Waals surface area contributed by atoms with Crippen LogP contribution in [-0.4, -0.2) is 0 Å². The van der Waals surface area contributed by atoms with Crippen LogP contribution in [0.5, 0.6) is 0 Å². The predicted molar refractivity (Wildman–Crippen MR) is 151 cm³/mol. The largest absolute Gasteiger partial charge is 0.456 e. The van der Waals surface area contributed by atoms with Crippen LogP contribution in [0.25, 0.3) is 33.1 Å². The molecule has 0 bridgehead atoms. The van der Waals surface area contributed by atoms with Gasteiger partial charge >= 0.3 is 0 Å². The molecule has 36 heavy (non-hydrogen) atoms. The lowest BCUT2D eigenvalue weighted by Gasteiger charge is -2.28. The molecule has 174 valence electrons. The van der Waals surface area contributed by atoms with E-state index in [1.54, 1.807) is 0 Å². The first-order chi connectivity index (χ1) is 17.5. The molecular formula is C33H24ClNO. The van der Waals surface area contributed by atoms with Crippen molar-refractivity contribution in [3.8, 4) is 11.1 Å². The third-order valence-electron chi connectivity index (χ3n) is 7.51. The molecule has 0 N–H and O–H groups in total. The van der Waals surface area contributed by atoms with Crippen molar-refractivity contribution < 1.29 is 4.42 Å². The number of rotatable bonds is 3. The molecule has 0 saturated carbocycles. The lowest BCUT2D eigenvalue weighted by molar-refractivity contribution is 0.660. The van der Waals surface area contributed by atoms with E-state index in [1.807, 2.05) is 36.4 Å². The van der Waals surface area contributed by atoms with E-state index in [9.17, 15) is 0 Å². The summed E-state index contributed by atoms with van der Waals surface area (Å²) in [5.41, 5.74) is 10.2. The van der Waals surface area contributed by atoms with Gasteiger partial charge in [0.25, 0.3) is 0 Å². The summed E-state index contributed by atoms with van der Waals surface area (Å²) in [5, 5.41) is 2.90. The van der Waals surface area contributed by atoms with Crippen molar-refractivity contribution in [3.05, 3.63) is 125 Å². The van der Waals surface area contributed by atoms with E-state index < -0.39 is 0 Å². The first kappa shape index (κ1) is 21.3. The predicted octanol–water partition coefficient (Wildman–Crippen LogP) is 10.0. The van der Waals surface area contributed by atoms with Gasteiger partial charge < -0.3 is 9.32 Å². The van der Waals surface area contributed by atoms with Crippen molar-refractivity contribution in [1.29, 1.82) is 0 Å². The van der Waals surface area contributed by atoms with Gasteiger partial charge in [0.05, 0.1) is 11.1 Å². The van der Waals surface area contributed by atoms with Crippen molar-refractivity contribution in [2.45, 2.75) is 19.3 Å². The maximum Gasteiger partial charge on any atom is 0.137 e. The van der Waals surface area contributed by atoms with Crippen molar-refractivity contribution in [3.63, 3.8) is 0 Å². The Hall–Kier alpha value is -4.01. The normalized spacial score (nSPS) is 13.6. The number of furan rings is 1. The van der Waals surface area contributed by atoms with Crippen LogP contribution in [0, 0.1) is 0 Å². The number of nitrogens with zero attached hydrogens (tertiary/aromatic N) is 1. The number of fused-ring (bicyclic) bond motifs is 6. The van der Waals surface area contributed by atoms with Gasteiger partial charge in [0.2, 0.25) is 0 Å². The fraction of sp³-hybridized carbons (Fsp3) is 0.0909. The van der Waals surface area contributed by atoms with Gasteiger partial charge in [-0.05, 0) is 70.8 Å². The van der Waals surface area contributed by atoms with Crippen molar-refractivity contribution in [2.75, 3.05) is 4.90 Å². The summed E-state index contributed by atoms with van der Waals surface area (Å²) in [5.74, 6) is 0. The highest BCUT2D eigenvalue weighted by Gasteiger charge is 2.35. The van der Waals surface area contributed by atoms with Crippen LogP contribution in [0.1, 0.15) is 25.0 Å². The maximum atomic E-state index is 6.51. The zero-order valence-corrected chi connectivity index (χ0v) is 20.9. The van der Waals surface area contributed by atoms with Gasteiger partial charge in [0.15, 0.2) is 0 Å². The van der Waals surface area contributed by atoms with Gasteiger partial charge in [-0.1, -0.05) is 86.1 Å². The van der Waals surface area contributed by atoms with Crippen LogP contribution in [0.3, 0.4) is 0 Å². The van der Waals surface area contributed by atoms with E-state index in [0.29, 0.717) is 5.02 Å². The third-order valence-corrected chi connectivity index (χ3v) is 7.75. The van der Waals surface area contributed by atoms with Crippen LogP contribution in [-0.2, 0) is 5.41 Å². The molecule has 3 heteroatoms. The average molecular weight is 486 g/mol. The number of hydrogen-bond donors (Lipinski definition) is 0. The van der Waals surface area contributed by atoms with Crippen LogP contribution < -0.4 is 4.90 Å². The molecule has 1 aromatic heterocycles. The quantitative estimate of drug-likeness (QED) is 0.248. The molecule has 0 aliphatic heterocycles. The molecule has 1 aliphatic rings. The van der Waals surface area contributed by atoms with Crippen LogP contribution >= 0.6 is 11.6 Å². The van der Waals surface area contributed by atoms with Crippen LogP contribution in [0.15, 0.2) is 114 Å². The fourth-order valence-electron chi connectivity index (χ4n) is 5.82. The van der Waals surface area contributed by atoms with Gasteiger partial charge in [-0.25, -0.2) is 0 Å². The number of benzene rings is 5. The first-order valence-corrected chi connectivity index (χ1v) is 12.6. The lowest BCUT2D eigenvalue weighted by Crippen LogP contribution is -2.16. The Kier molecular flexibility index (Phi) is 4.58. The summed E-state index contributed by atoms with van der Waals surface area (Å²) < 4.78 is 6.24. The number of hydrogen-bond acceptors (Lipinski definition) is 2. The Morgan fingerprint density at radius 2 is 1.36 bits per heavy atom. The van der Waals surface area contributed by atoms with E-state index in [-0.39, 0.29) is 5.41 Å². The Morgan fingerprint density at radius 1 is 0.639 bits per heavy atom. The Labute approximate surface area is 215 Å². The molecule has 0 unspecified atom stereocenters. The van der Waals surface area contributed by atoms with Crippen molar-refractivity contribution in [2.24, 2.45) is 0 Å². The zero-order chi connectivity index (χ0) is 24.4. The average Bonchev–Trinajstić information content (AvgIpc) is 3.38. The minimum absolute atomic E-state index is 0.0870. The second-order valence-electron chi connectivity index (χ2n) is 9.96. The van der Waals surface area contributed by atoms with E-state index in [2.05, 4.69) is 91.5 Å². The minimum Gasteiger partial charge on any atom is -0.456 e. The molecule has 6 aromatic rings. The topological polar surface area (TPSA) is 16.4 Å². The maximum absolute atomic E-state index is 6.51. The molecule has 0 amide bonds. The van der Waals surface area contributed by atoms with E-state index in [1.165, 1.54) is 22.3 Å². The lowest BCUT2D eigenvalue weighted by atomic mass is 9.82. The third kappa shape index (κ3) is 3.04. The molecule has 1 aliphatic carbocycles. The number of para-hydroxylation sites is 1. The SMILES string of the molecule is CC1(C)c2ccccc2-c2ccc(N(c3cccc(Cl)c3)c3cccc4oc5ccccc5c34)cc21. The van der Waals surface area contributed by atoms with E-state index >= 15 is 0 Å². The van der Waals surface area contributed by atoms with Gasteiger partial charge in [0.1, 0.15) is 11.2 Å². The summed E-state index contributed by atoms with van der Waals surface area (Å²) in [6, 6.07) is 38.1. The molecule has 0 saturated heterocycles. The van der Waals surface area contributed by atoms with E-state index in [4.69, 9.17) is 16.0 Å². The van der Waals surface area contributed by atoms with Crippen LogP contribution in [0.2, 0.25) is 5.02 Å². The second-order valence-corrected chi connectivity index (χ2v) is 10.4. The molecular weight excluding hydrogens is 462 g/mol. The molecule has 1 heterocycles. The summed E-state index contributed by atoms with van der Waals surface area (Å²) in [4.78, 5) is 2.30. The van der Waals surface area contributed by atoms with Gasteiger partial charge in [-0.15, -0.1) is 0 Å². The standard InChI is InChI=1S/C33H24ClNO/c1-33(2)27-13-5-3-11-24(27)25-18-17-23(20-28(25)33)35(22-10-7-9-21(34)19-22)29-14-8-16-31-32(29)26-12-4-6-15-30(26)36-31/h3-20H,1-2H3. The van der Waals surface area contributed by atoms with Gasteiger partial charge in [0, 0.05) is 27.2 Å². The Bertz CT molecular complexity index is 1800. The highest BCUT2D eigenvalue weighted by atomic mass is 35.5. The highest BCUT2D eigenvalue weighted by Crippen LogP contribution is 2.51. The summed E-state index contributed by atoms with van der Waals surface area (Å²) >= 11 is 6.51. The van der Waals surface area contributed by atoms with Crippen molar-refractivity contribution in [1.82, 2.24) is 0 Å². The molecule has 0 radical (unpaired) electrons. The zero-order valence-electron chi connectivity index (χ0n) is 20.1. The molecule has 0 fully saturated rings. The molecule has 0 atom stereocenters. The minimum atomic E-state index is -0.0870. The summed E-state index contributed by atoms with van der Waals surface area (Å²) in [7, 11) is 0.